The van der Waals surface area contributed by atoms with Crippen molar-refractivity contribution in [2.75, 3.05) is 19.6 Å². The van der Waals surface area contributed by atoms with Crippen molar-refractivity contribution in [2.45, 2.75) is 64.8 Å². The van der Waals surface area contributed by atoms with Gasteiger partial charge in [0.1, 0.15) is 0 Å². The molecule has 1 aliphatic heterocycles. The summed E-state index contributed by atoms with van der Waals surface area (Å²) in [6.07, 6.45) is 5.57. The van der Waals surface area contributed by atoms with Crippen LogP contribution in [-0.2, 0) is 9.59 Å². The maximum Gasteiger partial charge on any atom is 0.240 e. The second kappa shape index (κ2) is 10.1. The maximum absolute atomic E-state index is 12.3. The molecule has 0 aromatic heterocycles. The molecule has 1 atom stereocenters. The number of carbonyl (C=O) groups excluding carboxylic acids is 2. The quantitative estimate of drug-likeness (QED) is 0.781. The number of nitrogens with one attached hydrogen (secondary N) is 1. The lowest BCUT2D eigenvalue weighted by molar-refractivity contribution is -0.137. The Morgan fingerprint density at radius 1 is 1.32 bits per heavy atom. The molecule has 6 heteroatoms. The van der Waals surface area contributed by atoms with Gasteiger partial charge >= 0.3 is 0 Å². The summed E-state index contributed by atoms with van der Waals surface area (Å²) < 4.78 is 0. The van der Waals surface area contributed by atoms with Crippen molar-refractivity contribution in [3.63, 3.8) is 0 Å². The van der Waals surface area contributed by atoms with Crippen LogP contribution in [0.15, 0.2) is 0 Å². The van der Waals surface area contributed by atoms with Crippen LogP contribution in [0.4, 0.5) is 0 Å². The highest BCUT2D eigenvalue weighted by Gasteiger charge is 2.27. The third-order valence-electron chi connectivity index (χ3n) is 4.01. The minimum Gasteiger partial charge on any atom is -0.348 e. The molecule has 0 aliphatic carbocycles. The van der Waals surface area contributed by atoms with Gasteiger partial charge in [-0.05, 0) is 32.1 Å². The van der Waals surface area contributed by atoms with Gasteiger partial charge in [0.05, 0.1) is 6.54 Å². The second-order valence-electron chi connectivity index (χ2n) is 6.89. The first-order valence-corrected chi connectivity index (χ1v) is 8.15. The van der Waals surface area contributed by atoms with Crippen LogP contribution >= 0.6 is 12.4 Å². The zero-order valence-corrected chi connectivity index (χ0v) is 15.0. The highest BCUT2D eigenvalue weighted by molar-refractivity contribution is 5.85. The normalized spacial score (nSPS) is 19.0. The van der Waals surface area contributed by atoms with E-state index in [1.807, 2.05) is 6.92 Å². The molecule has 1 fully saturated rings. The van der Waals surface area contributed by atoms with Gasteiger partial charge in [0.2, 0.25) is 11.8 Å². The van der Waals surface area contributed by atoms with Crippen LogP contribution in [0.25, 0.3) is 0 Å². The Morgan fingerprint density at radius 3 is 2.55 bits per heavy atom. The van der Waals surface area contributed by atoms with Gasteiger partial charge in [-0.25, -0.2) is 0 Å². The molecule has 0 bridgehead atoms. The molecule has 1 heterocycles. The highest BCUT2D eigenvalue weighted by atomic mass is 35.5. The molecule has 1 rings (SSSR count). The summed E-state index contributed by atoms with van der Waals surface area (Å²) in [5.74, 6) is 0.461. The first-order valence-electron chi connectivity index (χ1n) is 8.15. The zero-order valence-electron chi connectivity index (χ0n) is 14.2. The van der Waals surface area contributed by atoms with E-state index in [0.29, 0.717) is 25.4 Å². The number of carbonyl (C=O) groups is 2. The van der Waals surface area contributed by atoms with Crippen molar-refractivity contribution in [1.82, 2.24) is 10.2 Å². The van der Waals surface area contributed by atoms with Crippen LogP contribution in [0.3, 0.4) is 0 Å². The first-order chi connectivity index (χ1) is 9.86. The van der Waals surface area contributed by atoms with Crippen LogP contribution in [0.5, 0.6) is 0 Å². The van der Waals surface area contributed by atoms with E-state index >= 15 is 0 Å². The van der Waals surface area contributed by atoms with Crippen LogP contribution < -0.4 is 11.1 Å². The fourth-order valence-corrected chi connectivity index (χ4v) is 3.02. The van der Waals surface area contributed by atoms with Crippen molar-refractivity contribution < 1.29 is 9.59 Å². The number of hydrogen-bond donors (Lipinski definition) is 2. The molecule has 0 aromatic carbocycles. The average molecular weight is 334 g/mol. The van der Waals surface area contributed by atoms with Gasteiger partial charge in [-0.1, -0.05) is 26.7 Å². The predicted octanol–water partition coefficient (Wildman–Crippen LogP) is 2.08. The van der Waals surface area contributed by atoms with E-state index in [4.69, 9.17) is 5.73 Å². The number of rotatable bonds is 6. The van der Waals surface area contributed by atoms with Crippen molar-refractivity contribution in [1.29, 1.82) is 0 Å². The SMILES string of the molecule is CC(C)CC(C)(CN)NC(=O)CN1CCCCCCC1=O.Cl. The van der Waals surface area contributed by atoms with E-state index in [0.717, 1.165) is 32.1 Å². The Hall–Kier alpha value is -0.810. The van der Waals surface area contributed by atoms with E-state index in [1.165, 1.54) is 0 Å². The summed E-state index contributed by atoms with van der Waals surface area (Å²) in [6.45, 7) is 7.46. The Balaban J connectivity index is 0.00000441. The Kier molecular flexibility index (Phi) is 9.69. The van der Waals surface area contributed by atoms with E-state index in [1.54, 1.807) is 4.90 Å². The first kappa shape index (κ1) is 21.2. The Bertz CT molecular complexity index is 363. The monoisotopic (exact) mass is 333 g/mol. The molecule has 3 N–H and O–H groups in total. The molecule has 1 saturated heterocycles. The van der Waals surface area contributed by atoms with Crippen molar-refractivity contribution >= 4 is 24.2 Å². The van der Waals surface area contributed by atoms with Crippen LogP contribution in [-0.4, -0.2) is 41.9 Å². The van der Waals surface area contributed by atoms with Crippen molar-refractivity contribution in [3.8, 4) is 0 Å². The molecule has 2 amide bonds. The summed E-state index contributed by atoms with van der Waals surface area (Å²) in [4.78, 5) is 26.0. The van der Waals surface area contributed by atoms with E-state index < -0.39 is 5.54 Å². The number of halogens is 1. The summed E-state index contributed by atoms with van der Waals surface area (Å²) in [7, 11) is 0. The summed E-state index contributed by atoms with van der Waals surface area (Å²) in [5.41, 5.74) is 5.42. The fraction of sp³-hybridized carbons (Fsp3) is 0.875. The smallest absolute Gasteiger partial charge is 0.240 e. The van der Waals surface area contributed by atoms with Gasteiger partial charge in [0.15, 0.2) is 0 Å². The predicted molar refractivity (Wildman–Crippen MR) is 92.0 cm³/mol. The van der Waals surface area contributed by atoms with E-state index in [2.05, 4.69) is 19.2 Å². The maximum atomic E-state index is 12.3. The molecular weight excluding hydrogens is 302 g/mol. The van der Waals surface area contributed by atoms with Gasteiger partial charge in [-0.2, -0.15) is 0 Å². The molecule has 0 radical (unpaired) electrons. The Labute approximate surface area is 140 Å². The van der Waals surface area contributed by atoms with E-state index in [-0.39, 0.29) is 30.8 Å². The second-order valence-corrected chi connectivity index (χ2v) is 6.89. The molecule has 22 heavy (non-hydrogen) atoms. The zero-order chi connectivity index (χ0) is 15.9. The molecular formula is C16H32ClN3O2. The Morgan fingerprint density at radius 2 is 1.95 bits per heavy atom. The van der Waals surface area contributed by atoms with Crippen molar-refractivity contribution in [2.24, 2.45) is 11.7 Å². The number of hydrogen-bond acceptors (Lipinski definition) is 3. The van der Waals surface area contributed by atoms with Gasteiger partial charge in [-0.3, -0.25) is 9.59 Å². The largest absolute Gasteiger partial charge is 0.348 e. The van der Waals surface area contributed by atoms with Crippen LogP contribution in [0, 0.1) is 5.92 Å². The third kappa shape index (κ3) is 7.45. The van der Waals surface area contributed by atoms with Crippen LogP contribution in [0.1, 0.15) is 59.3 Å². The fourth-order valence-electron chi connectivity index (χ4n) is 3.02. The summed E-state index contributed by atoms with van der Waals surface area (Å²) in [6, 6.07) is 0. The molecule has 1 unspecified atom stereocenters. The minimum absolute atomic E-state index is 0. The van der Waals surface area contributed by atoms with E-state index in [9.17, 15) is 9.59 Å². The molecule has 130 valence electrons. The number of likely N-dealkylation sites (tertiary alicyclic amines) is 1. The van der Waals surface area contributed by atoms with Gasteiger partial charge in [0.25, 0.3) is 0 Å². The number of nitrogens with two attached hydrogens (primary N) is 1. The topological polar surface area (TPSA) is 75.4 Å². The van der Waals surface area contributed by atoms with Crippen molar-refractivity contribution in [3.05, 3.63) is 0 Å². The lowest BCUT2D eigenvalue weighted by Crippen LogP contribution is -2.55. The molecule has 5 nitrogen and oxygen atoms in total. The minimum atomic E-state index is -0.392. The van der Waals surface area contributed by atoms with Gasteiger partial charge in [0, 0.05) is 25.0 Å². The summed E-state index contributed by atoms with van der Waals surface area (Å²) >= 11 is 0. The summed E-state index contributed by atoms with van der Waals surface area (Å²) in [5, 5.41) is 3.02. The number of amides is 2. The highest BCUT2D eigenvalue weighted by Crippen LogP contribution is 2.16. The molecule has 0 spiro atoms. The van der Waals surface area contributed by atoms with Gasteiger partial charge in [-0.15, -0.1) is 12.4 Å². The molecule has 0 aromatic rings. The van der Waals surface area contributed by atoms with Gasteiger partial charge < -0.3 is 16.0 Å². The molecule has 0 saturated carbocycles. The standard InChI is InChI=1S/C16H31N3O2.ClH/c1-13(2)10-16(3,12-17)18-14(20)11-19-9-7-5-4-6-8-15(19)21;/h13H,4-12,17H2,1-3H3,(H,18,20);1H. The lowest BCUT2D eigenvalue weighted by atomic mass is 9.90. The lowest BCUT2D eigenvalue weighted by Gasteiger charge is -2.32. The number of nitrogens with zero attached hydrogens (tertiary/aromatic N) is 1. The van der Waals surface area contributed by atoms with Crippen LogP contribution in [0.2, 0.25) is 0 Å². The third-order valence-corrected chi connectivity index (χ3v) is 4.01. The average Bonchev–Trinajstić information content (AvgIpc) is 2.37. The molecule has 1 aliphatic rings.